The molecule has 2 aromatic carbocycles. The molecule has 0 radical (unpaired) electrons. The zero-order valence-corrected chi connectivity index (χ0v) is 15.5. The highest BCUT2D eigenvalue weighted by Crippen LogP contribution is 2.35. The molecule has 0 spiro atoms. The number of benzene rings is 2. The van der Waals surface area contributed by atoms with Crippen LogP contribution in [0, 0.1) is 0 Å². The van der Waals surface area contributed by atoms with Crippen molar-refractivity contribution >= 4 is 23.2 Å². The molecule has 142 valence electrons. The van der Waals surface area contributed by atoms with Gasteiger partial charge in [-0.25, -0.2) is 0 Å². The molecule has 0 aromatic heterocycles. The lowest BCUT2D eigenvalue weighted by Gasteiger charge is -2.30. The Morgan fingerprint density at radius 3 is 2.48 bits per heavy atom. The molecular formula is C20H22N2O5. The fourth-order valence-corrected chi connectivity index (χ4v) is 2.73. The van der Waals surface area contributed by atoms with Crippen molar-refractivity contribution in [2.45, 2.75) is 20.0 Å². The molecule has 1 aliphatic heterocycles. The summed E-state index contributed by atoms with van der Waals surface area (Å²) in [6.45, 7) is 4.08. The lowest BCUT2D eigenvalue weighted by molar-refractivity contribution is -0.125. The largest absolute Gasteiger partial charge is 0.494 e. The van der Waals surface area contributed by atoms with E-state index in [2.05, 4.69) is 5.32 Å². The highest BCUT2D eigenvalue weighted by molar-refractivity contribution is 6.00. The number of anilines is 2. The second-order valence-electron chi connectivity index (χ2n) is 6.08. The Labute approximate surface area is 157 Å². The van der Waals surface area contributed by atoms with Crippen LogP contribution in [0.5, 0.6) is 17.2 Å². The van der Waals surface area contributed by atoms with Crippen LogP contribution >= 0.6 is 0 Å². The van der Waals surface area contributed by atoms with Crippen LogP contribution in [0.3, 0.4) is 0 Å². The highest BCUT2D eigenvalue weighted by Gasteiger charge is 2.29. The van der Waals surface area contributed by atoms with Gasteiger partial charge in [0, 0.05) is 12.7 Å². The second kappa shape index (κ2) is 7.99. The second-order valence-corrected chi connectivity index (χ2v) is 6.08. The molecule has 0 saturated heterocycles. The zero-order chi connectivity index (χ0) is 19.4. The Kier molecular flexibility index (Phi) is 5.49. The first-order chi connectivity index (χ1) is 13.0. The van der Waals surface area contributed by atoms with Crippen molar-refractivity contribution < 1.29 is 23.8 Å². The van der Waals surface area contributed by atoms with Crippen molar-refractivity contribution in [3.63, 3.8) is 0 Å². The topological polar surface area (TPSA) is 77.1 Å². The number of amides is 2. The van der Waals surface area contributed by atoms with Gasteiger partial charge in [0.1, 0.15) is 17.2 Å². The number of hydrogen-bond acceptors (Lipinski definition) is 5. The quantitative estimate of drug-likeness (QED) is 0.846. The molecule has 1 unspecified atom stereocenters. The van der Waals surface area contributed by atoms with Crippen LogP contribution in [0.25, 0.3) is 0 Å². The zero-order valence-electron chi connectivity index (χ0n) is 15.5. The molecule has 1 heterocycles. The molecule has 0 fully saturated rings. The van der Waals surface area contributed by atoms with E-state index >= 15 is 0 Å². The van der Waals surface area contributed by atoms with E-state index in [1.54, 1.807) is 56.4 Å². The number of fused-ring (bicyclic) bond motifs is 1. The molecule has 1 N–H and O–H groups in total. The molecule has 7 heteroatoms. The molecule has 0 saturated carbocycles. The summed E-state index contributed by atoms with van der Waals surface area (Å²) in [5, 5.41) is 2.76. The lowest BCUT2D eigenvalue weighted by atomic mass is 10.2. The van der Waals surface area contributed by atoms with Crippen LogP contribution in [0.1, 0.15) is 13.8 Å². The molecule has 2 aromatic rings. The number of carbonyl (C=O) groups is 2. The lowest BCUT2D eigenvalue weighted by Crippen LogP contribution is -2.42. The van der Waals surface area contributed by atoms with Crippen molar-refractivity contribution in [2.75, 3.05) is 30.5 Å². The number of rotatable bonds is 6. The third-order valence-corrected chi connectivity index (χ3v) is 4.09. The average molecular weight is 370 g/mol. The summed E-state index contributed by atoms with van der Waals surface area (Å²) in [5.41, 5.74) is 1.18. The molecule has 0 bridgehead atoms. The molecule has 2 amide bonds. The molecule has 27 heavy (non-hydrogen) atoms. The van der Waals surface area contributed by atoms with Crippen molar-refractivity contribution in [1.82, 2.24) is 0 Å². The van der Waals surface area contributed by atoms with Gasteiger partial charge in [0.15, 0.2) is 12.7 Å². The Hall–Kier alpha value is -3.22. The van der Waals surface area contributed by atoms with E-state index in [0.29, 0.717) is 29.5 Å². The normalized spacial score (nSPS) is 15.6. The first-order valence-corrected chi connectivity index (χ1v) is 8.71. The predicted molar refractivity (Wildman–Crippen MR) is 102 cm³/mol. The van der Waals surface area contributed by atoms with Crippen LogP contribution in [0.15, 0.2) is 42.5 Å². The smallest absolute Gasteiger partial charge is 0.267 e. The summed E-state index contributed by atoms with van der Waals surface area (Å²) in [5.74, 6) is 1.49. The molecule has 1 aliphatic rings. The third kappa shape index (κ3) is 4.31. The van der Waals surface area contributed by atoms with Crippen molar-refractivity contribution in [3.05, 3.63) is 42.5 Å². The van der Waals surface area contributed by atoms with Crippen LogP contribution < -0.4 is 24.4 Å². The van der Waals surface area contributed by atoms with E-state index in [4.69, 9.17) is 14.2 Å². The van der Waals surface area contributed by atoms with E-state index in [1.165, 1.54) is 4.90 Å². The number of hydrogen-bond donors (Lipinski definition) is 1. The number of nitrogens with zero attached hydrogens (tertiary/aromatic N) is 1. The van der Waals surface area contributed by atoms with Gasteiger partial charge in [-0.15, -0.1) is 0 Å². The van der Waals surface area contributed by atoms with E-state index < -0.39 is 6.10 Å². The van der Waals surface area contributed by atoms with E-state index in [9.17, 15) is 9.59 Å². The highest BCUT2D eigenvalue weighted by atomic mass is 16.5. The van der Waals surface area contributed by atoms with E-state index in [0.717, 1.165) is 5.75 Å². The molecule has 3 rings (SSSR count). The van der Waals surface area contributed by atoms with Gasteiger partial charge in [-0.3, -0.25) is 9.59 Å². The fraction of sp³-hybridized carbons (Fsp3) is 0.300. The van der Waals surface area contributed by atoms with Crippen LogP contribution in [-0.4, -0.2) is 38.2 Å². The van der Waals surface area contributed by atoms with Gasteiger partial charge in [-0.1, -0.05) is 0 Å². The summed E-state index contributed by atoms with van der Waals surface area (Å²) in [6.07, 6.45) is -0.523. The maximum absolute atomic E-state index is 12.1. The maximum atomic E-state index is 12.1. The van der Waals surface area contributed by atoms with Crippen LogP contribution in [-0.2, 0) is 9.59 Å². The van der Waals surface area contributed by atoms with Gasteiger partial charge >= 0.3 is 0 Å². The van der Waals surface area contributed by atoms with E-state index in [-0.39, 0.29) is 18.4 Å². The molecule has 1 atom stereocenters. The van der Waals surface area contributed by atoms with Crippen molar-refractivity contribution in [1.29, 1.82) is 0 Å². The summed E-state index contributed by atoms with van der Waals surface area (Å²) < 4.78 is 16.4. The minimum atomic E-state index is -0.523. The summed E-state index contributed by atoms with van der Waals surface area (Å²) in [4.78, 5) is 25.7. The third-order valence-electron chi connectivity index (χ3n) is 4.09. The standard InChI is InChI=1S/C20H22N2O5/c1-4-25-15-6-8-16(9-7-15)26-12-19(23)21-14-5-10-18-17(11-14)22(3)20(24)13(2)27-18/h5-11,13H,4,12H2,1-3H3,(H,21,23). The minimum Gasteiger partial charge on any atom is -0.494 e. The first-order valence-electron chi connectivity index (χ1n) is 8.71. The molecule has 7 nitrogen and oxygen atoms in total. The van der Waals surface area contributed by atoms with Crippen molar-refractivity contribution in [2.24, 2.45) is 0 Å². The minimum absolute atomic E-state index is 0.132. The Balaban J connectivity index is 1.59. The maximum Gasteiger partial charge on any atom is 0.267 e. The van der Waals surface area contributed by atoms with Gasteiger partial charge in [0.25, 0.3) is 11.8 Å². The Morgan fingerprint density at radius 2 is 1.81 bits per heavy atom. The number of carbonyl (C=O) groups excluding carboxylic acids is 2. The van der Waals surface area contributed by atoms with Crippen molar-refractivity contribution in [3.8, 4) is 17.2 Å². The van der Waals surface area contributed by atoms with Gasteiger partial charge in [0.05, 0.1) is 12.3 Å². The number of likely N-dealkylation sites (N-methyl/N-ethyl adjacent to an activating group) is 1. The molecule has 0 aliphatic carbocycles. The van der Waals surface area contributed by atoms with Crippen LogP contribution in [0.4, 0.5) is 11.4 Å². The predicted octanol–water partition coefficient (Wildman–Crippen LogP) is 2.85. The van der Waals surface area contributed by atoms with E-state index in [1.807, 2.05) is 6.92 Å². The first kappa shape index (κ1) is 18.6. The van der Waals surface area contributed by atoms with Gasteiger partial charge < -0.3 is 24.4 Å². The summed E-state index contributed by atoms with van der Waals surface area (Å²) in [6, 6.07) is 12.2. The average Bonchev–Trinajstić information content (AvgIpc) is 2.66. The van der Waals surface area contributed by atoms with Gasteiger partial charge in [-0.2, -0.15) is 0 Å². The van der Waals surface area contributed by atoms with Gasteiger partial charge in [-0.05, 0) is 56.3 Å². The number of nitrogens with one attached hydrogen (secondary N) is 1. The fourth-order valence-electron chi connectivity index (χ4n) is 2.73. The summed E-state index contributed by atoms with van der Waals surface area (Å²) in [7, 11) is 1.68. The Morgan fingerprint density at radius 1 is 1.15 bits per heavy atom. The summed E-state index contributed by atoms with van der Waals surface area (Å²) >= 11 is 0. The van der Waals surface area contributed by atoms with Crippen LogP contribution in [0.2, 0.25) is 0 Å². The Bertz CT molecular complexity index is 835. The monoisotopic (exact) mass is 370 g/mol. The SMILES string of the molecule is CCOc1ccc(OCC(=O)Nc2ccc3c(c2)N(C)C(=O)C(C)O3)cc1. The molecular weight excluding hydrogens is 348 g/mol. The van der Waals surface area contributed by atoms with Gasteiger partial charge in [0.2, 0.25) is 0 Å². The number of ether oxygens (including phenoxy) is 3.